The van der Waals surface area contributed by atoms with Crippen molar-refractivity contribution < 1.29 is 18.7 Å². The summed E-state index contributed by atoms with van der Waals surface area (Å²) in [5, 5.41) is 0.131. The Kier molecular flexibility index (Phi) is 7.57. The lowest BCUT2D eigenvalue weighted by Crippen LogP contribution is -2.46. The van der Waals surface area contributed by atoms with E-state index < -0.39 is 13.9 Å². The molecule has 1 aromatic rings. The van der Waals surface area contributed by atoms with E-state index in [1.807, 2.05) is 39.0 Å². The maximum Gasteiger partial charge on any atom is 0.410 e. The second-order valence-corrected chi connectivity index (χ2v) is 15.3. The molecule has 29 heavy (non-hydrogen) atoms. The first kappa shape index (κ1) is 23.9. The van der Waals surface area contributed by atoms with Gasteiger partial charge in [-0.05, 0) is 50.9 Å². The van der Waals surface area contributed by atoms with Gasteiger partial charge in [-0.15, -0.1) is 0 Å². The smallest absolute Gasteiger partial charge is 0.410 e. The van der Waals surface area contributed by atoms with Gasteiger partial charge in [0, 0.05) is 0 Å². The minimum absolute atomic E-state index is 0.0178. The molecule has 6 heteroatoms. The number of likely N-dealkylation sites (tertiary alicyclic amines) is 1. The van der Waals surface area contributed by atoms with Crippen molar-refractivity contribution in [3.05, 3.63) is 35.9 Å². The van der Waals surface area contributed by atoms with Crippen LogP contribution in [0.25, 0.3) is 0 Å². The molecule has 0 saturated carbocycles. The zero-order valence-electron chi connectivity index (χ0n) is 19.5. The quantitative estimate of drug-likeness (QED) is 0.561. The molecule has 2 rings (SSSR count). The molecule has 5 nitrogen and oxygen atoms in total. The van der Waals surface area contributed by atoms with Crippen molar-refractivity contribution in [3.8, 4) is 0 Å². The van der Waals surface area contributed by atoms with E-state index in [4.69, 9.17) is 13.9 Å². The fourth-order valence-electron chi connectivity index (χ4n) is 3.01. The summed E-state index contributed by atoms with van der Waals surface area (Å²) in [7, 11) is -1.90. The Labute approximate surface area is 177 Å². The summed E-state index contributed by atoms with van der Waals surface area (Å²) in [4.78, 5) is 14.6. The van der Waals surface area contributed by atoms with Gasteiger partial charge in [-0.1, -0.05) is 51.1 Å². The summed E-state index contributed by atoms with van der Waals surface area (Å²) < 4.78 is 18.2. The van der Waals surface area contributed by atoms with Crippen LogP contribution in [-0.2, 0) is 20.5 Å². The van der Waals surface area contributed by atoms with Crippen molar-refractivity contribution in [2.75, 3.05) is 13.2 Å². The van der Waals surface area contributed by atoms with E-state index in [0.29, 0.717) is 19.8 Å². The van der Waals surface area contributed by atoms with Crippen molar-refractivity contribution >= 4 is 14.4 Å². The van der Waals surface area contributed by atoms with Crippen molar-refractivity contribution in [1.82, 2.24) is 4.90 Å². The Balaban J connectivity index is 2.04. The average Bonchev–Trinajstić information content (AvgIpc) is 3.00. The fourth-order valence-corrected chi connectivity index (χ4v) is 4.05. The van der Waals surface area contributed by atoms with Gasteiger partial charge in [0.2, 0.25) is 0 Å². The lowest BCUT2D eigenvalue weighted by Gasteiger charge is -2.38. The van der Waals surface area contributed by atoms with Gasteiger partial charge in [-0.3, -0.25) is 0 Å². The summed E-state index contributed by atoms with van der Waals surface area (Å²) in [6, 6.07) is 10.1. The summed E-state index contributed by atoms with van der Waals surface area (Å²) in [5.74, 6) is 0. The summed E-state index contributed by atoms with van der Waals surface area (Å²) >= 11 is 0. The summed E-state index contributed by atoms with van der Waals surface area (Å²) in [5.41, 5.74) is 0.613. The Morgan fingerprint density at radius 2 is 1.72 bits per heavy atom. The number of ether oxygens (including phenoxy) is 2. The predicted octanol–water partition coefficient (Wildman–Crippen LogP) is 5.60. The highest BCUT2D eigenvalue weighted by Crippen LogP contribution is 2.37. The van der Waals surface area contributed by atoms with E-state index >= 15 is 0 Å². The lowest BCUT2D eigenvalue weighted by molar-refractivity contribution is 0.0124. The maximum atomic E-state index is 12.8. The van der Waals surface area contributed by atoms with E-state index in [1.165, 1.54) is 0 Å². The molecule has 1 aliphatic heterocycles. The van der Waals surface area contributed by atoms with Gasteiger partial charge in [0.1, 0.15) is 5.60 Å². The number of carbonyl (C=O) groups is 1. The second-order valence-electron chi connectivity index (χ2n) is 10.5. The highest BCUT2D eigenvalue weighted by molar-refractivity contribution is 6.74. The van der Waals surface area contributed by atoms with Crippen LogP contribution in [0, 0.1) is 0 Å². The first-order valence-corrected chi connectivity index (χ1v) is 13.5. The monoisotopic (exact) mass is 421 g/mol. The number of hydrogen-bond donors (Lipinski definition) is 0. The van der Waals surface area contributed by atoms with Gasteiger partial charge in [0.15, 0.2) is 8.32 Å². The number of carbonyl (C=O) groups excluding carboxylic acids is 1. The zero-order chi connectivity index (χ0) is 21.9. The Morgan fingerprint density at radius 3 is 2.28 bits per heavy atom. The molecule has 164 valence electrons. The van der Waals surface area contributed by atoms with Crippen LogP contribution in [-0.4, -0.2) is 50.2 Å². The molecule has 1 aromatic carbocycles. The second kappa shape index (κ2) is 9.19. The molecular weight excluding hydrogens is 382 g/mol. The molecule has 1 saturated heterocycles. The van der Waals surface area contributed by atoms with Gasteiger partial charge >= 0.3 is 6.09 Å². The van der Waals surface area contributed by atoms with E-state index in [0.717, 1.165) is 12.0 Å². The summed E-state index contributed by atoms with van der Waals surface area (Å²) in [6.45, 7) is 18.5. The number of amides is 1. The van der Waals surface area contributed by atoms with E-state index in [1.54, 1.807) is 4.90 Å². The third-order valence-electron chi connectivity index (χ3n) is 5.78. The van der Waals surface area contributed by atoms with Crippen LogP contribution >= 0.6 is 0 Å². The molecule has 1 amide bonds. The molecule has 2 atom stereocenters. The van der Waals surface area contributed by atoms with Gasteiger partial charge in [-0.25, -0.2) is 4.79 Å². The molecule has 0 radical (unpaired) electrons. The predicted molar refractivity (Wildman–Crippen MR) is 120 cm³/mol. The van der Waals surface area contributed by atoms with E-state index in [9.17, 15) is 4.79 Å². The zero-order valence-corrected chi connectivity index (χ0v) is 20.5. The molecule has 1 fully saturated rings. The number of nitrogens with zero attached hydrogens (tertiary/aromatic N) is 1. The highest BCUT2D eigenvalue weighted by Gasteiger charge is 2.42. The van der Waals surface area contributed by atoms with Crippen molar-refractivity contribution in [3.63, 3.8) is 0 Å². The molecule has 0 spiro atoms. The van der Waals surface area contributed by atoms with Crippen molar-refractivity contribution in [2.45, 2.75) is 90.4 Å². The normalized spacial score (nSPS) is 20.8. The van der Waals surface area contributed by atoms with Crippen molar-refractivity contribution in [1.29, 1.82) is 0 Å². The SMILES string of the molecule is CC(C)(C)OC(=O)N1CC(OCc2ccccc2)CC1CO[Si](C)(C)C(C)(C)C. The van der Waals surface area contributed by atoms with Crippen LogP contribution in [0.1, 0.15) is 53.5 Å². The molecule has 0 bridgehead atoms. The average molecular weight is 422 g/mol. The molecular formula is C23H39NO4Si. The minimum atomic E-state index is -1.90. The molecule has 1 heterocycles. The highest BCUT2D eigenvalue weighted by atomic mass is 28.4. The third-order valence-corrected chi connectivity index (χ3v) is 10.3. The van der Waals surface area contributed by atoms with Gasteiger partial charge < -0.3 is 18.8 Å². The van der Waals surface area contributed by atoms with Crippen LogP contribution in [0.4, 0.5) is 4.79 Å². The largest absolute Gasteiger partial charge is 0.444 e. The fraction of sp³-hybridized carbons (Fsp3) is 0.696. The molecule has 0 aliphatic carbocycles. The molecule has 0 N–H and O–H groups in total. The van der Waals surface area contributed by atoms with Gasteiger partial charge in [-0.2, -0.15) is 0 Å². The van der Waals surface area contributed by atoms with Gasteiger partial charge in [0.05, 0.1) is 31.9 Å². The van der Waals surface area contributed by atoms with Gasteiger partial charge in [0.25, 0.3) is 0 Å². The van der Waals surface area contributed by atoms with E-state index in [2.05, 4.69) is 46.0 Å². The van der Waals surface area contributed by atoms with Crippen LogP contribution in [0.5, 0.6) is 0 Å². The number of hydrogen-bond acceptors (Lipinski definition) is 4. The first-order valence-electron chi connectivity index (χ1n) is 10.6. The Bertz CT molecular complexity index is 664. The standard InChI is InChI=1S/C23H39NO4Si/c1-22(2,3)28-21(25)24-15-20(26-16-18-12-10-9-11-13-18)14-19(24)17-27-29(7,8)23(4,5)6/h9-13,19-20H,14-17H2,1-8H3. The summed E-state index contributed by atoms with van der Waals surface area (Å²) in [6.07, 6.45) is 0.462. The third kappa shape index (κ3) is 7.12. The topological polar surface area (TPSA) is 48.0 Å². The maximum absolute atomic E-state index is 12.8. The number of rotatable bonds is 6. The van der Waals surface area contributed by atoms with Crippen molar-refractivity contribution in [2.24, 2.45) is 0 Å². The lowest BCUT2D eigenvalue weighted by atomic mass is 10.2. The van der Waals surface area contributed by atoms with Crippen LogP contribution in [0.2, 0.25) is 18.1 Å². The van der Waals surface area contributed by atoms with Crippen LogP contribution < -0.4 is 0 Å². The number of benzene rings is 1. The Morgan fingerprint density at radius 1 is 1.10 bits per heavy atom. The molecule has 2 unspecified atom stereocenters. The minimum Gasteiger partial charge on any atom is -0.444 e. The van der Waals surface area contributed by atoms with Crippen LogP contribution in [0.3, 0.4) is 0 Å². The first-order chi connectivity index (χ1) is 13.3. The van der Waals surface area contributed by atoms with E-state index in [-0.39, 0.29) is 23.3 Å². The Hall–Kier alpha value is -1.37. The van der Waals surface area contributed by atoms with Crippen LogP contribution in [0.15, 0.2) is 30.3 Å². The molecule has 1 aliphatic rings. The molecule has 0 aromatic heterocycles.